The van der Waals surface area contributed by atoms with E-state index in [9.17, 15) is 4.39 Å². The van der Waals surface area contributed by atoms with Gasteiger partial charge in [-0.15, -0.1) is 5.10 Å². The first-order valence-electron chi connectivity index (χ1n) is 9.43. The average Bonchev–Trinajstić information content (AvgIpc) is 3.34. The van der Waals surface area contributed by atoms with Crippen molar-refractivity contribution in [2.45, 2.75) is 44.2 Å². The predicted octanol–water partition coefficient (Wildman–Crippen LogP) is 3.56. The standard InChI is InChI=1S/C20H21FN6/c21-15-5-1-13(2-6-15)11-23-16-7-3-14(4-8-16)18-19-17-9-10-22-20(17)24-12-27(19)26-25-18/h1-2,5-6,9-10,12,14,16,22-23H,3-4,7-8,11H2. The molecular formula is C20H21FN6. The first-order chi connectivity index (χ1) is 13.3. The number of nitrogens with one attached hydrogen (secondary N) is 2. The Bertz CT molecular complexity index is 1060. The molecule has 0 atom stereocenters. The Morgan fingerprint density at radius 3 is 2.74 bits per heavy atom. The van der Waals surface area contributed by atoms with Crippen LogP contribution in [0.3, 0.4) is 0 Å². The van der Waals surface area contributed by atoms with Crippen molar-refractivity contribution in [1.29, 1.82) is 0 Å². The van der Waals surface area contributed by atoms with Gasteiger partial charge in [0.25, 0.3) is 0 Å². The molecule has 3 aromatic heterocycles. The highest BCUT2D eigenvalue weighted by Crippen LogP contribution is 2.35. The number of fused-ring (bicyclic) bond motifs is 3. The Morgan fingerprint density at radius 2 is 1.93 bits per heavy atom. The van der Waals surface area contributed by atoms with Crippen molar-refractivity contribution in [3.8, 4) is 0 Å². The molecule has 4 aromatic rings. The van der Waals surface area contributed by atoms with Crippen LogP contribution in [0.1, 0.15) is 42.9 Å². The van der Waals surface area contributed by atoms with Crippen molar-refractivity contribution >= 4 is 16.6 Å². The second-order valence-corrected chi connectivity index (χ2v) is 7.31. The Kier molecular flexibility index (Phi) is 4.09. The maximum atomic E-state index is 13.0. The zero-order valence-corrected chi connectivity index (χ0v) is 14.9. The molecule has 0 unspecified atom stereocenters. The number of aromatic nitrogens is 5. The fourth-order valence-corrected chi connectivity index (χ4v) is 4.13. The quantitative estimate of drug-likeness (QED) is 0.581. The topological polar surface area (TPSA) is 70.9 Å². The Balaban J connectivity index is 1.27. The molecule has 7 heteroatoms. The Hall–Kier alpha value is -2.80. The molecule has 27 heavy (non-hydrogen) atoms. The molecular weight excluding hydrogens is 343 g/mol. The van der Waals surface area contributed by atoms with E-state index >= 15 is 0 Å². The van der Waals surface area contributed by atoms with Crippen molar-refractivity contribution in [2.24, 2.45) is 0 Å². The molecule has 0 saturated heterocycles. The van der Waals surface area contributed by atoms with Crippen molar-refractivity contribution in [1.82, 2.24) is 30.1 Å². The zero-order valence-electron chi connectivity index (χ0n) is 14.9. The molecule has 2 N–H and O–H groups in total. The minimum Gasteiger partial charge on any atom is -0.346 e. The van der Waals surface area contributed by atoms with E-state index in [0.29, 0.717) is 12.0 Å². The summed E-state index contributed by atoms with van der Waals surface area (Å²) in [5.41, 5.74) is 4.15. The minimum absolute atomic E-state index is 0.188. The van der Waals surface area contributed by atoms with Gasteiger partial charge in [0, 0.05) is 30.1 Å². The lowest BCUT2D eigenvalue weighted by Crippen LogP contribution is -2.32. The molecule has 3 heterocycles. The minimum atomic E-state index is -0.188. The number of hydrogen-bond acceptors (Lipinski definition) is 4. The smallest absolute Gasteiger partial charge is 0.141 e. The van der Waals surface area contributed by atoms with E-state index < -0.39 is 0 Å². The summed E-state index contributed by atoms with van der Waals surface area (Å²) in [6, 6.07) is 9.24. The van der Waals surface area contributed by atoms with E-state index in [2.05, 4.69) is 25.6 Å². The summed E-state index contributed by atoms with van der Waals surface area (Å²) in [6.07, 6.45) is 8.01. The van der Waals surface area contributed by atoms with Crippen molar-refractivity contribution in [2.75, 3.05) is 0 Å². The van der Waals surface area contributed by atoms with E-state index in [1.165, 1.54) is 12.1 Å². The van der Waals surface area contributed by atoms with Gasteiger partial charge < -0.3 is 10.3 Å². The Labute approximate surface area is 155 Å². The number of aromatic amines is 1. The van der Waals surface area contributed by atoms with Gasteiger partial charge in [0.05, 0.1) is 5.69 Å². The van der Waals surface area contributed by atoms with Gasteiger partial charge in [-0.1, -0.05) is 17.3 Å². The van der Waals surface area contributed by atoms with Crippen LogP contribution in [0.25, 0.3) is 16.6 Å². The highest BCUT2D eigenvalue weighted by molar-refractivity contribution is 5.92. The van der Waals surface area contributed by atoms with Crippen LogP contribution in [0.15, 0.2) is 42.9 Å². The number of rotatable bonds is 4. The summed E-state index contributed by atoms with van der Waals surface area (Å²) in [5.74, 6) is 0.235. The van der Waals surface area contributed by atoms with Gasteiger partial charge >= 0.3 is 0 Å². The fourth-order valence-electron chi connectivity index (χ4n) is 4.13. The van der Waals surface area contributed by atoms with E-state index in [0.717, 1.165) is 60.0 Å². The molecule has 0 radical (unpaired) electrons. The van der Waals surface area contributed by atoms with E-state index in [4.69, 9.17) is 0 Å². The summed E-state index contributed by atoms with van der Waals surface area (Å²) in [7, 11) is 0. The van der Waals surface area contributed by atoms with E-state index in [-0.39, 0.29) is 5.82 Å². The van der Waals surface area contributed by atoms with Gasteiger partial charge in [-0.25, -0.2) is 13.9 Å². The molecule has 1 aliphatic carbocycles. The maximum absolute atomic E-state index is 13.0. The number of benzene rings is 1. The van der Waals surface area contributed by atoms with Crippen LogP contribution in [-0.4, -0.2) is 30.8 Å². The highest BCUT2D eigenvalue weighted by Gasteiger charge is 2.26. The first-order valence-corrected chi connectivity index (χ1v) is 9.43. The van der Waals surface area contributed by atoms with Gasteiger partial charge in [0.15, 0.2) is 0 Å². The van der Waals surface area contributed by atoms with E-state index in [1.807, 2.05) is 24.4 Å². The van der Waals surface area contributed by atoms with Gasteiger partial charge in [-0.3, -0.25) is 0 Å². The summed E-state index contributed by atoms with van der Waals surface area (Å²) < 4.78 is 14.8. The summed E-state index contributed by atoms with van der Waals surface area (Å²) in [5, 5.41) is 13.4. The lowest BCUT2D eigenvalue weighted by atomic mass is 9.83. The second-order valence-electron chi connectivity index (χ2n) is 7.31. The molecule has 6 nitrogen and oxygen atoms in total. The second kappa shape index (κ2) is 6.74. The monoisotopic (exact) mass is 364 g/mol. The van der Waals surface area contributed by atoms with Crippen LogP contribution in [0, 0.1) is 5.82 Å². The molecule has 1 fully saturated rings. The van der Waals surface area contributed by atoms with Crippen molar-refractivity contribution < 1.29 is 4.39 Å². The molecule has 0 spiro atoms. The van der Waals surface area contributed by atoms with Crippen LogP contribution in [0.2, 0.25) is 0 Å². The van der Waals surface area contributed by atoms with Crippen LogP contribution >= 0.6 is 0 Å². The van der Waals surface area contributed by atoms with Crippen LogP contribution in [0.4, 0.5) is 4.39 Å². The maximum Gasteiger partial charge on any atom is 0.141 e. The lowest BCUT2D eigenvalue weighted by molar-refractivity contribution is 0.339. The molecule has 1 saturated carbocycles. The molecule has 138 valence electrons. The molecule has 1 aromatic carbocycles. The molecule has 5 rings (SSSR count). The van der Waals surface area contributed by atoms with Crippen molar-refractivity contribution in [3.63, 3.8) is 0 Å². The predicted molar refractivity (Wildman–Crippen MR) is 101 cm³/mol. The number of nitrogens with zero attached hydrogens (tertiary/aromatic N) is 4. The average molecular weight is 364 g/mol. The SMILES string of the molecule is Fc1ccc(CNC2CCC(c3nnn4cnc5[nH]ccc5c34)CC2)cc1. The zero-order chi connectivity index (χ0) is 18.2. The highest BCUT2D eigenvalue weighted by atomic mass is 19.1. The summed E-state index contributed by atoms with van der Waals surface area (Å²) >= 11 is 0. The van der Waals surface area contributed by atoms with Crippen LogP contribution in [0.5, 0.6) is 0 Å². The number of hydrogen-bond donors (Lipinski definition) is 2. The molecule has 0 amide bonds. The third-order valence-corrected chi connectivity index (χ3v) is 5.62. The van der Waals surface area contributed by atoms with E-state index in [1.54, 1.807) is 10.8 Å². The van der Waals surface area contributed by atoms with Crippen LogP contribution < -0.4 is 5.32 Å². The third kappa shape index (κ3) is 3.08. The van der Waals surface area contributed by atoms with Gasteiger partial charge in [-0.2, -0.15) is 0 Å². The van der Waals surface area contributed by atoms with Crippen LogP contribution in [-0.2, 0) is 6.54 Å². The van der Waals surface area contributed by atoms with Gasteiger partial charge in [0.2, 0.25) is 0 Å². The lowest BCUT2D eigenvalue weighted by Gasteiger charge is -2.28. The Morgan fingerprint density at radius 1 is 1.11 bits per heavy atom. The first kappa shape index (κ1) is 16.4. The summed E-state index contributed by atoms with van der Waals surface area (Å²) in [4.78, 5) is 7.53. The van der Waals surface area contributed by atoms with Gasteiger partial charge in [-0.05, 0) is 49.4 Å². The fraction of sp³-hybridized carbons (Fsp3) is 0.350. The summed E-state index contributed by atoms with van der Waals surface area (Å²) in [6.45, 7) is 0.778. The molecule has 0 bridgehead atoms. The largest absolute Gasteiger partial charge is 0.346 e. The van der Waals surface area contributed by atoms with Gasteiger partial charge in [0.1, 0.15) is 23.3 Å². The molecule has 0 aliphatic heterocycles. The third-order valence-electron chi connectivity index (χ3n) is 5.62. The number of H-pyrrole nitrogens is 1. The van der Waals surface area contributed by atoms with Crippen molar-refractivity contribution in [3.05, 3.63) is 59.9 Å². The normalized spacial score (nSPS) is 20.5. The molecule has 1 aliphatic rings. The number of halogens is 1.